The number of hydrogen-bond donors (Lipinski definition) is 2. The first-order valence-corrected chi connectivity index (χ1v) is 10.4. The van der Waals surface area contributed by atoms with Crippen LogP contribution in [-0.2, 0) is 16.1 Å². The molecule has 8 heteroatoms. The SMILES string of the molecule is C[C@H](C(=O)NCc1ccccc1)N1CC2=C(C1=O)[C@H](c1ccccc1Cl)NC(=O)N2C. The van der Waals surface area contributed by atoms with Crippen LogP contribution < -0.4 is 10.6 Å². The second kappa shape index (κ2) is 8.43. The van der Waals surface area contributed by atoms with E-state index in [1.807, 2.05) is 36.4 Å². The molecule has 0 unspecified atom stereocenters. The lowest BCUT2D eigenvalue weighted by Crippen LogP contribution is -2.46. The maximum Gasteiger partial charge on any atom is 0.322 e. The van der Waals surface area contributed by atoms with Crippen LogP contribution in [0.15, 0.2) is 65.9 Å². The quantitative estimate of drug-likeness (QED) is 0.753. The van der Waals surface area contributed by atoms with Gasteiger partial charge in [0.05, 0.1) is 23.9 Å². The number of benzene rings is 2. The number of nitrogens with zero attached hydrogens (tertiary/aromatic N) is 2. The Morgan fingerprint density at radius 3 is 2.55 bits per heavy atom. The molecule has 31 heavy (non-hydrogen) atoms. The van der Waals surface area contributed by atoms with E-state index in [9.17, 15) is 14.4 Å². The van der Waals surface area contributed by atoms with Crippen LogP contribution in [0.2, 0.25) is 5.02 Å². The molecule has 160 valence electrons. The fraction of sp³-hybridized carbons (Fsp3) is 0.261. The summed E-state index contributed by atoms with van der Waals surface area (Å²) in [6.45, 7) is 2.25. The summed E-state index contributed by atoms with van der Waals surface area (Å²) in [7, 11) is 1.62. The minimum absolute atomic E-state index is 0.180. The highest BCUT2D eigenvalue weighted by molar-refractivity contribution is 6.31. The molecule has 2 aromatic rings. The van der Waals surface area contributed by atoms with Gasteiger partial charge in [0.2, 0.25) is 5.91 Å². The number of urea groups is 1. The third-order valence-corrected chi connectivity index (χ3v) is 6.11. The fourth-order valence-electron chi connectivity index (χ4n) is 3.92. The molecule has 4 rings (SSSR count). The van der Waals surface area contributed by atoms with Gasteiger partial charge in [-0.15, -0.1) is 0 Å². The van der Waals surface area contributed by atoms with Crippen LogP contribution in [0.3, 0.4) is 0 Å². The Hall–Kier alpha value is -3.32. The van der Waals surface area contributed by atoms with Crippen LogP contribution in [-0.4, -0.2) is 47.3 Å². The molecule has 0 saturated heterocycles. The summed E-state index contributed by atoms with van der Waals surface area (Å²) in [6.07, 6.45) is 0. The van der Waals surface area contributed by atoms with Gasteiger partial charge in [0.15, 0.2) is 0 Å². The van der Waals surface area contributed by atoms with E-state index >= 15 is 0 Å². The molecule has 0 fully saturated rings. The smallest absolute Gasteiger partial charge is 0.322 e. The first-order chi connectivity index (χ1) is 14.9. The van der Waals surface area contributed by atoms with Gasteiger partial charge < -0.3 is 15.5 Å². The molecule has 2 aliphatic rings. The van der Waals surface area contributed by atoms with Gasteiger partial charge in [-0.3, -0.25) is 14.5 Å². The van der Waals surface area contributed by atoms with Gasteiger partial charge in [-0.2, -0.15) is 0 Å². The zero-order chi connectivity index (χ0) is 22.1. The van der Waals surface area contributed by atoms with Crippen LogP contribution in [0.4, 0.5) is 4.79 Å². The lowest BCUT2D eigenvalue weighted by molar-refractivity contribution is -0.135. The van der Waals surface area contributed by atoms with E-state index in [2.05, 4.69) is 10.6 Å². The zero-order valence-electron chi connectivity index (χ0n) is 17.3. The van der Waals surface area contributed by atoms with E-state index in [-0.39, 0.29) is 24.4 Å². The molecule has 0 radical (unpaired) electrons. The number of likely N-dealkylation sites (N-methyl/N-ethyl adjacent to an activating group) is 1. The Morgan fingerprint density at radius 1 is 1.16 bits per heavy atom. The van der Waals surface area contributed by atoms with Crippen molar-refractivity contribution in [3.8, 4) is 0 Å². The highest BCUT2D eigenvalue weighted by atomic mass is 35.5. The molecule has 7 nitrogen and oxygen atoms in total. The van der Waals surface area contributed by atoms with E-state index in [0.29, 0.717) is 28.4 Å². The van der Waals surface area contributed by atoms with Crippen molar-refractivity contribution in [1.82, 2.24) is 20.4 Å². The average Bonchev–Trinajstić information content (AvgIpc) is 3.12. The highest BCUT2D eigenvalue weighted by Gasteiger charge is 2.45. The Morgan fingerprint density at radius 2 is 1.84 bits per heavy atom. The Balaban J connectivity index is 1.55. The minimum Gasteiger partial charge on any atom is -0.350 e. The summed E-state index contributed by atoms with van der Waals surface area (Å²) in [4.78, 5) is 41.6. The van der Waals surface area contributed by atoms with Crippen molar-refractivity contribution in [1.29, 1.82) is 0 Å². The van der Waals surface area contributed by atoms with Crippen LogP contribution in [0, 0.1) is 0 Å². The van der Waals surface area contributed by atoms with Crippen molar-refractivity contribution >= 4 is 29.4 Å². The second-order valence-electron chi connectivity index (χ2n) is 7.64. The van der Waals surface area contributed by atoms with Gasteiger partial charge in [-0.1, -0.05) is 60.1 Å². The topological polar surface area (TPSA) is 81.8 Å². The summed E-state index contributed by atoms with van der Waals surface area (Å²) < 4.78 is 0. The lowest BCUT2D eigenvalue weighted by Gasteiger charge is -2.31. The van der Waals surface area contributed by atoms with Crippen molar-refractivity contribution in [3.63, 3.8) is 0 Å². The number of hydrogen-bond acceptors (Lipinski definition) is 3. The summed E-state index contributed by atoms with van der Waals surface area (Å²) in [5.41, 5.74) is 2.65. The zero-order valence-corrected chi connectivity index (χ0v) is 18.0. The summed E-state index contributed by atoms with van der Waals surface area (Å²) in [5.74, 6) is -0.539. The molecular formula is C23H23ClN4O3. The number of rotatable bonds is 5. The molecule has 2 aliphatic heterocycles. The van der Waals surface area contributed by atoms with Gasteiger partial charge in [-0.05, 0) is 24.1 Å². The summed E-state index contributed by atoms with van der Waals surface area (Å²) in [5, 5.41) is 6.20. The standard InChI is InChI=1S/C23H23ClN4O3/c1-14(21(29)25-12-15-8-4-3-5-9-15)28-13-18-19(22(28)30)20(26-23(31)27(18)2)16-10-6-7-11-17(16)24/h3-11,14,20H,12-13H2,1-2H3,(H,25,29)(H,26,31)/t14-,20+/m1/s1. The summed E-state index contributed by atoms with van der Waals surface area (Å²) in [6, 6.07) is 15.0. The molecule has 2 atom stereocenters. The van der Waals surface area contributed by atoms with Crippen LogP contribution >= 0.6 is 11.6 Å². The lowest BCUT2D eigenvalue weighted by atomic mass is 9.95. The molecule has 2 aromatic carbocycles. The first-order valence-electron chi connectivity index (χ1n) is 10.0. The fourth-order valence-corrected chi connectivity index (χ4v) is 4.16. The normalized spacial score (nSPS) is 19.3. The predicted octanol–water partition coefficient (Wildman–Crippen LogP) is 2.84. The molecule has 0 bridgehead atoms. The Kier molecular flexibility index (Phi) is 5.69. The van der Waals surface area contributed by atoms with Gasteiger partial charge >= 0.3 is 6.03 Å². The second-order valence-corrected chi connectivity index (χ2v) is 8.04. The molecule has 0 spiro atoms. The third-order valence-electron chi connectivity index (χ3n) is 5.76. The highest BCUT2D eigenvalue weighted by Crippen LogP contribution is 2.38. The van der Waals surface area contributed by atoms with Gasteiger partial charge in [0.25, 0.3) is 5.91 Å². The Bertz CT molecular complexity index is 1070. The molecular weight excluding hydrogens is 416 g/mol. The van der Waals surface area contributed by atoms with E-state index in [4.69, 9.17) is 11.6 Å². The monoisotopic (exact) mass is 438 g/mol. The number of carbonyl (C=O) groups is 3. The predicted molar refractivity (Wildman–Crippen MR) is 117 cm³/mol. The average molecular weight is 439 g/mol. The van der Waals surface area contributed by atoms with Gasteiger partial charge in [-0.25, -0.2) is 4.79 Å². The Labute approximate surface area is 185 Å². The van der Waals surface area contributed by atoms with Crippen LogP contribution in [0.5, 0.6) is 0 Å². The van der Waals surface area contributed by atoms with E-state index in [0.717, 1.165) is 5.56 Å². The summed E-state index contributed by atoms with van der Waals surface area (Å²) >= 11 is 6.35. The molecule has 0 aromatic heterocycles. The van der Waals surface area contributed by atoms with Crippen molar-refractivity contribution in [2.24, 2.45) is 0 Å². The molecule has 2 N–H and O–H groups in total. The van der Waals surface area contributed by atoms with Gasteiger partial charge in [0, 0.05) is 18.6 Å². The largest absolute Gasteiger partial charge is 0.350 e. The van der Waals surface area contributed by atoms with Crippen molar-refractivity contribution < 1.29 is 14.4 Å². The third kappa shape index (κ3) is 3.88. The number of halogens is 1. The van der Waals surface area contributed by atoms with Crippen LogP contribution in [0.25, 0.3) is 0 Å². The maximum atomic E-state index is 13.4. The molecule has 0 saturated carbocycles. The molecule has 4 amide bonds. The maximum absolute atomic E-state index is 13.4. The molecule has 0 aliphatic carbocycles. The van der Waals surface area contributed by atoms with Crippen molar-refractivity contribution in [3.05, 3.63) is 82.0 Å². The van der Waals surface area contributed by atoms with Gasteiger partial charge in [0.1, 0.15) is 6.04 Å². The number of carbonyl (C=O) groups excluding carboxylic acids is 3. The van der Waals surface area contributed by atoms with E-state index < -0.39 is 12.1 Å². The van der Waals surface area contributed by atoms with E-state index in [1.165, 1.54) is 9.80 Å². The van der Waals surface area contributed by atoms with Crippen molar-refractivity contribution in [2.75, 3.05) is 13.6 Å². The van der Waals surface area contributed by atoms with E-state index in [1.54, 1.807) is 32.2 Å². The van der Waals surface area contributed by atoms with Crippen molar-refractivity contribution in [2.45, 2.75) is 25.6 Å². The van der Waals surface area contributed by atoms with Crippen LogP contribution in [0.1, 0.15) is 24.1 Å². The first kappa shape index (κ1) is 20.9. The minimum atomic E-state index is -0.697. The number of nitrogens with one attached hydrogen (secondary N) is 2. The number of amides is 4. The molecule has 2 heterocycles.